The minimum Gasteiger partial charge on any atom is -0.206 e. The molecule has 0 aliphatic heterocycles. The van der Waals surface area contributed by atoms with Crippen LogP contribution in [0.3, 0.4) is 0 Å². The van der Waals surface area contributed by atoms with Crippen LogP contribution < -0.4 is 0 Å². The minimum atomic E-state index is 0.593. The summed E-state index contributed by atoms with van der Waals surface area (Å²) < 4.78 is 0.719. The highest BCUT2D eigenvalue weighted by atomic mass is 16.7. The van der Waals surface area contributed by atoms with Crippen LogP contribution in [-0.2, 0) is 4.84 Å². The van der Waals surface area contributed by atoms with Crippen molar-refractivity contribution in [1.29, 1.82) is 0 Å². The van der Waals surface area contributed by atoms with E-state index in [-0.39, 0.29) is 0 Å². The van der Waals surface area contributed by atoms with Crippen LogP contribution in [-0.4, -0.2) is 31.4 Å². The highest BCUT2D eigenvalue weighted by molar-refractivity contribution is 4.42. The summed E-state index contributed by atoms with van der Waals surface area (Å²) in [6.07, 6.45) is 1.16. The van der Waals surface area contributed by atoms with Gasteiger partial charge in [0.2, 0.25) is 0 Å². The molecule has 0 aromatic heterocycles. The van der Waals surface area contributed by atoms with E-state index in [0.29, 0.717) is 6.04 Å². The molecule has 0 N–H and O–H groups in total. The van der Waals surface area contributed by atoms with Crippen LogP contribution in [0.1, 0.15) is 27.2 Å². The summed E-state index contributed by atoms with van der Waals surface area (Å²) in [6.45, 7) is 7.59. The second kappa shape index (κ2) is 3.94. The van der Waals surface area contributed by atoms with Crippen LogP contribution in [0.4, 0.5) is 0 Å². The van der Waals surface area contributed by atoms with Crippen LogP contribution in [0.15, 0.2) is 0 Å². The maximum absolute atomic E-state index is 5.38. The number of hydroxylamine groups is 3. The van der Waals surface area contributed by atoms with Crippen LogP contribution in [0.5, 0.6) is 0 Å². The van der Waals surface area contributed by atoms with Crippen molar-refractivity contribution in [2.45, 2.75) is 33.2 Å². The molecule has 0 aromatic carbocycles. The average Bonchev–Trinajstić information content (AvgIpc) is 2.01. The molecule has 0 rings (SSSR count). The fourth-order valence-corrected chi connectivity index (χ4v) is 1.01. The van der Waals surface area contributed by atoms with Crippen molar-refractivity contribution in [2.75, 3.05) is 20.7 Å². The predicted molar refractivity (Wildman–Crippen MR) is 43.5 cm³/mol. The van der Waals surface area contributed by atoms with Gasteiger partial charge in [0.25, 0.3) is 0 Å². The third kappa shape index (κ3) is 1.96. The predicted octanol–water partition coefficient (Wildman–Crippen LogP) is 1.81. The third-order valence-corrected chi connectivity index (χ3v) is 2.57. The molecular weight excluding hydrogens is 126 g/mol. The van der Waals surface area contributed by atoms with Gasteiger partial charge in [0.05, 0.1) is 14.2 Å². The number of hydrogen-bond donors (Lipinski definition) is 0. The summed E-state index contributed by atoms with van der Waals surface area (Å²) >= 11 is 0. The Hall–Kier alpha value is -0.0800. The Morgan fingerprint density at radius 2 is 1.90 bits per heavy atom. The van der Waals surface area contributed by atoms with Crippen molar-refractivity contribution in [3.63, 3.8) is 0 Å². The summed E-state index contributed by atoms with van der Waals surface area (Å²) in [5, 5.41) is 0. The van der Waals surface area contributed by atoms with E-state index in [2.05, 4.69) is 27.8 Å². The molecule has 2 nitrogen and oxygen atoms in total. The zero-order chi connectivity index (χ0) is 8.20. The van der Waals surface area contributed by atoms with E-state index < -0.39 is 0 Å². The van der Waals surface area contributed by atoms with Crippen LogP contribution in [0.2, 0.25) is 0 Å². The van der Waals surface area contributed by atoms with Gasteiger partial charge in [-0.05, 0) is 20.3 Å². The van der Waals surface area contributed by atoms with Crippen molar-refractivity contribution in [3.05, 3.63) is 0 Å². The summed E-state index contributed by atoms with van der Waals surface area (Å²) in [6, 6.07) is 0.593. The quantitative estimate of drug-likeness (QED) is 0.434. The third-order valence-electron chi connectivity index (χ3n) is 2.57. The first kappa shape index (κ1) is 9.92. The number of hydrogen-bond acceptors (Lipinski definition) is 1. The molecule has 0 aliphatic rings. The van der Waals surface area contributed by atoms with Gasteiger partial charge in [-0.1, -0.05) is 6.92 Å². The van der Waals surface area contributed by atoms with Crippen molar-refractivity contribution in [2.24, 2.45) is 0 Å². The maximum atomic E-state index is 5.38. The monoisotopic (exact) mass is 146 g/mol. The maximum Gasteiger partial charge on any atom is 0.116 e. The molecule has 0 saturated carbocycles. The Balaban J connectivity index is 4.02. The molecule has 0 heterocycles. The van der Waals surface area contributed by atoms with E-state index >= 15 is 0 Å². The van der Waals surface area contributed by atoms with Gasteiger partial charge >= 0.3 is 0 Å². The zero-order valence-corrected chi connectivity index (χ0v) is 7.85. The smallest absolute Gasteiger partial charge is 0.116 e. The van der Waals surface area contributed by atoms with Gasteiger partial charge in [0, 0.05) is 0 Å². The Labute approximate surface area is 64.3 Å². The molecule has 0 fully saturated rings. The van der Waals surface area contributed by atoms with Crippen LogP contribution in [0.25, 0.3) is 0 Å². The fourth-order valence-electron chi connectivity index (χ4n) is 1.01. The molecule has 0 radical (unpaired) electrons. The molecule has 0 amide bonds. The van der Waals surface area contributed by atoms with Crippen molar-refractivity contribution >= 4 is 0 Å². The molecule has 10 heavy (non-hydrogen) atoms. The molecule has 62 valence electrons. The molecule has 0 bridgehead atoms. The Bertz CT molecular complexity index is 89.3. The van der Waals surface area contributed by atoms with E-state index in [4.69, 9.17) is 4.84 Å². The lowest BCUT2D eigenvalue weighted by Crippen LogP contribution is -2.49. The van der Waals surface area contributed by atoms with Crippen LogP contribution in [0, 0.1) is 0 Å². The van der Waals surface area contributed by atoms with E-state index in [1.807, 2.05) is 0 Å². The van der Waals surface area contributed by atoms with Gasteiger partial charge in [0.1, 0.15) is 12.6 Å². The first-order chi connectivity index (χ1) is 4.60. The van der Waals surface area contributed by atoms with Gasteiger partial charge in [-0.2, -0.15) is 4.65 Å². The first-order valence-electron chi connectivity index (χ1n) is 4.01. The number of quaternary nitrogens is 1. The second-order valence-corrected chi connectivity index (χ2v) is 2.93. The van der Waals surface area contributed by atoms with E-state index in [9.17, 15) is 0 Å². The standard InChI is InChI=1S/C8H20NO/c1-6-8(3)9(4,7-2)10-5/h8H,6-7H2,1-5H3/q+1. The first-order valence-corrected chi connectivity index (χ1v) is 4.01. The van der Waals surface area contributed by atoms with Crippen molar-refractivity contribution < 1.29 is 9.48 Å². The summed E-state index contributed by atoms with van der Waals surface area (Å²) in [5.41, 5.74) is 0. The SMILES string of the molecule is CCC(C)[N+](C)(CC)OC. The second-order valence-electron chi connectivity index (χ2n) is 2.93. The van der Waals surface area contributed by atoms with E-state index in [0.717, 1.165) is 17.6 Å². The number of nitrogens with zero attached hydrogens (tertiary/aromatic N) is 1. The van der Waals surface area contributed by atoms with Crippen molar-refractivity contribution in [3.8, 4) is 0 Å². The fraction of sp³-hybridized carbons (Fsp3) is 1.00. The largest absolute Gasteiger partial charge is 0.206 e. The van der Waals surface area contributed by atoms with Gasteiger partial charge in [-0.15, -0.1) is 0 Å². The Morgan fingerprint density at radius 1 is 1.40 bits per heavy atom. The summed E-state index contributed by atoms with van der Waals surface area (Å²) in [4.78, 5) is 5.38. The minimum absolute atomic E-state index is 0.593. The normalized spacial score (nSPS) is 20.1. The highest BCUT2D eigenvalue weighted by Gasteiger charge is 2.25. The van der Waals surface area contributed by atoms with E-state index in [1.165, 1.54) is 0 Å². The molecule has 0 aliphatic carbocycles. The molecule has 2 unspecified atom stereocenters. The topological polar surface area (TPSA) is 9.23 Å². The Kier molecular flexibility index (Phi) is 3.91. The van der Waals surface area contributed by atoms with E-state index in [1.54, 1.807) is 7.11 Å². The molecule has 2 heteroatoms. The summed E-state index contributed by atoms with van der Waals surface area (Å²) in [7, 11) is 3.89. The molecule has 0 aromatic rings. The van der Waals surface area contributed by atoms with Gasteiger partial charge in [-0.3, -0.25) is 0 Å². The van der Waals surface area contributed by atoms with Crippen LogP contribution >= 0.6 is 0 Å². The van der Waals surface area contributed by atoms with Crippen molar-refractivity contribution in [1.82, 2.24) is 0 Å². The Morgan fingerprint density at radius 3 is 2.00 bits per heavy atom. The molecule has 2 atom stereocenters. The number of rotatable bonds is 4. The highest BCUT2D eigenvalue weighted by Crippen LogP contribution is 2.12. The van der Waals surface area contributed by atoms with Gasteiger partial charge in [-0.25, -0.2) is 4.84 Å². The van der Waals surface area contributed by atoms with Gasteiger partial charge in [0.15, 0.2) is 0 Å². The molecular formula is C8H20NO+. The lowest BCUT2D eigenvalue weighted by atomic mass is 10.2. The molecule has 0 saturated heterocycles. The summed E-state index contributed by atoms with van der Waals surface area (Å²) in [5.74, 6) is 0. The lowest BCUT2D eigenvalue weighted by Gasteiger charge is -2.34. The average molecular weight is 146 g/mol. The zero-order valence-electron chi connectivity index (χ0n) is 7.85. The van der Waals surface area contributed by atoms with Gasteiger partial charge < -0.3 is 0 Å². The molecule has 0 spiro atoms. The lowest BCUT2D eigenvalue weighted by molar-refractivity contribution is -1.10.